The molecule has 0 aromatic heterocycles. The molecule has 0 radical (unpaired) electrons. The van der Waals surface area contributed by atoms with Gasteiger partial charge in [-0.2, -0.15) is 0 Å². The molecule has 0 amide bonds. The lowest BCUT2D eigenvalue weighted by Gasteiger charge is -2.31. The Morgan fingerprint density at radius 3 is 2.40 bits per heavy atom. The van der Waals surface area contributed by atoms with E-state index in [2.05, 4.69) is 5.32 Å². The summed E-state index contributed by atoms with van der Waals surface area (Å²) in [5.74, 6) is -0.766. The lowest BCUT2D eigenvalue weighted by Crippen LogP contribution is -2.36. The van der Waals surface area contributed by atoms with Crippen molar-refractivity contribution in [3.05, 3.63) is 65.2 Å². The molecular formula is C16H17F2NO. The third-order valence-corrected chi connectivity index (χ3v) is 3.41. The van der Waals surface area contributed by atoms with Crippen molar-refractivity contribution in [3.8, 4) is 0 Å². The SMILES string of the molecule is Cc1ccc(C(C)(CO)Nc2ccccc2F)cc1F. The molecule has 0 aliphatic heterocycles. The molecule has 20 heavy (non-hydrogen) atoms. The molecular weight excluding hydrogens is 260 g/mol. The Morgan fingerprint density at radius 1 is 1.10 bits per heavy atom. The summed E-state index contributed by atoms with van der Waals surface area (Å²) in [5, 5.41) is 12.6. The zero-order valence-electron chi connectivity index (χ0n) is 11.5. The first-order valence-corrected chi connectivity index (χ1v) is 6.36. The number of anilines is 1. The molecule has 1 unspecified atom stereocenters. The average Bonchev–Trinajstić information content (AvgIpc) is 2.44. The highest BCUT2D eigenvalue weighted by molar-refractivity contribution is 5.49. The van der Waals surface area contributed by atoms with E-state index < -0.39 is 11.4 Å². The van der Waals surface area contributed by atoms with Crippen LogP contribution in [0, 0.1) is 18.6 Å². The number of hydrogen-bond donors (Lipinski definition) is 2. The van der Waals surface area contributed by atoms with Gasteiger partial charge < -0.3 is 10.4 Å². The number of aliphatic hydroxyl groups excluding tert-OH is 1. The Balaban J connectivity index is 2.38. The predicted octanol–water partition coefficient (Wildman–Crippen LogP) is 3.59. The van der Waals surface area contributed by atoms with Crippen molar-refractivity contribution in [2.24, 2.45) is 0 Å². The molecule has 0 aliphatic rings. The molecule has 1 atom stereocenters. The van der Waals surface area contributed by atoms with E-state index in [0.717, 1.165) is 0 Å². The first-order chi connectivity index (χ1) is 9.46. The van der Waals surface area contributed by atoms with Crippen LogP contribution in [0.25, 0.3) is 0 Å². The lowest BCUT2D eigenvalue weighted by atomic mass is 9.91. The van der Waals surface area contributed by atoms with E-state index >= 15 is 0 Å². The summed E-state index contributed by atoms with van der Waals surface area (Å²) < 4.78 is 27.4. The monoisotopic (exact) mass is 277 g/mol. The normalized spacial score (nSPS) is 13.8. The van der Waals surface area contributed by atoms with Gasteiger partial charge in [0.1, 0.15) is 11.6 Å². The molecule has 0 saturated carbocycles. The molecule has 0 bridgehead atoms. The topological polar surface area (TPSA) is 32.3 Å². The average molecular weight is 277 g/mol. The first-order valence-electron chi connectivity index (χ1n) is 6.36. The van der Waals surface area contributed by atoms with E-state index in [1.165, 1.54) is 12.1 Å². The van der Waals surface area contributed by atoms with Crippen LogP contribution >= 0.6 is 0 Å². The molecule has 106 valence electrons. The highest BCUT2D eigenvalue weighted by Gasteiger charge is 2.27. The Bertz CT molecular complexity index is 615. The Kier molecular flexibility index (Phi) is 4.04. The third-order valence-electron chi connectivity index (χ3n) is 3.41. The largest absolute Gasteiger partial charge is 0.394 e. The number of benzene rings is 2. The zero-order valence-corrected chi connectivity index (χ0v) is 11.5. The summed E-state index contributed by atoms with van der Waals surface area (Å²) in [6.45, 7) is 3.08. The van der Waals surface area contributed by atoms with Crippen molar-refractivity contribution in [3.63, 3.8) is 0 Å². The van der Waals surface area contributed by atoms with Crippen molar-refractivity contribution < 1.29 is 13.9 Å². The molecule has 2 rings (SSSR count). The smallest absolute Gasteiger partial charge is 0.146 e. The third kappa shape index (κ3) is 2.80. The molecule has 4 heteroatoms. The van der Waals surface area contributed by atoms with Gasteiger partial charge in [-0.15, -0.1) is 0 Å². The fourth-order valence-electron chi connectivity index (χ4n) is 2.00. The van der Waals surface area contributed by atoms with Gasteiger partial charge in [0.15, 0.2) is 0 Å². The van der Waals surface area contributed by atoms with E-state index in [1.807, 2.05) is 0 Å². The molecule has 2 aromatic rings. The molecule has 0 saturated heterocycles. The van der Waals surface area contributed by atoms with Gasteiger partial charge in [0.2, 0.25) is 0 Å². The van der Waals surface area contributed by atoms with Crippen LogP contribution in [0.15, 0.2) is 42.5 Å². The molecule has 2 N–H and O–H groups in total. The Labute approximate surface area is 117 Å². The van der Waals surface area contributed by atoms with Crippen LogP contribution in [0.2, 0.25) is 0 Å². The van der Waals surface area contributed by atoms with E-state index in [9.17, 15) is 13.9 Å². The maximum absolute atomic E-state index is 13.7. The van der Waals surface area contributed by atoms with Gasteiger partial charge in [0.05, 0.1) is 17.8 Å². The van der Waals surface area contributed by atoms with Crippen LogP contribution in [0.5, 0.6) is 0 Å². The number of rotatable bonds is 4. The zero-order chi connectivity index (χ0) is 14.8. The number of halogens is 2. The van der Waals surface area contributed by atoms with Crippen molar-refractivity contribution in [2.75, 3.05) is 11.9 Å². The Hall–Kier alpha value is -1.94. The van der Waals surface area contributed by atoms with Crippen LogP contribution < -0.4 is 5.32 Å². The number of aliphatic hydroxyl groups is 1. The highest BCUT2D eigenvalue weighted by Crippen LogP contribution is 2.28. The van der Waals surface area contributed by atoms with E-state index in [-0.39, 0.29) is 18.1 Å². The summed E-state index contributed by atoms with van der Waals surface area (Å²) in [6, 6.07) is 10.9. The van der Waals surface area contributed by atoms with E-state index in [1.54, 1.807) is 44.2 Å². The number of aryl methyl sites for hydroxylation is 1. The minimum Gasteiger partial charge on any atom is -0.394 e. The summed E-state index contributed by atoms with van der Waals surface area (Å²) in [6.07, 6.45) is 0. The van der Waals surface area contributed by atoms with Gasteiger partial charge >= 0.3 is 0 Å². The molecule has 2 aromatic carbocycles. The molecule has 0 fully saturated rings. The van der Waals surface area contributed by atoms with E-state index in [0.29, 0.717) is 11.1 Å². The fraction of sp³-hybridized carbons (Fsp3) is 0.250. The standard InChI is InChI=1S/C16H17F2NO/c1-11-7-8-12(9-14(11)18)16(2,10-20)19-15-6-4-3-5-13(15)17/h3-9,19-20H,10H2,1-2H3. The fourth-order valence-corrected chi connectivity index (χ4v) is 2.00. The van der Waals surface area contributed by atoms with Gasteiger partial charge in [-0.3, -0.25) is 0 Å². The molecule has 0 aliphatic carbocycles. The van der Waals surface area contributed by atoms with Gasteiger partial charge in [0, 0.05) is 0 Å². The van der Waals surface area contributed by atoms with Crippen LogP contribution in [-0.2, 0) is 5.54 Å². The first kappa shape index (κ1) is 14.5. The van der Waals surface area contributed by atoms with Crippen molar-refractivity contribution in [1.29, 1.82) is 0 Å². The van der Waals surface area contributed by atoms with Crippen molar-refractivity contribution in [2.45, 2.75) is 19.4 Å². The molecule has 0 spiro atoms. The summed E-state index contributed by atoms with van der Waals surface area (Å²) >= 11 is 0. The minimum absolute atomic E-state index is 0.269. The molecule has 0 heterocycles. The predicted molar refractivity (Wildman–Crippen MR) is 75.6 cm³/mol. The number of para-hydroxylation sites is 1. The van der Waals surface area contributed by atoms with Crippen molar-refractivity contribution in [1.82, 2.24) is 0 Å². The lowest BCUT2D eigenvalue weighted by molar-refractivity contribution is 0.223. The molecule has 2 nitrogen and oxygen atoms in total. The van der Waals surface area contributed by atoms with Gasteiger partial charge in [-0.05, 0) is 43.2 Å². The maximum Gasteiger partial charge on any atom is 0.146 e. The van der Waals surface area contributed by atoms with E-state index in [4.69, 9.17) is 0 Å². The van der Waals surface area contributed by atoms with Crippen LogP contribution in [0.3, 0.4) is 0 Å². The maximum atomic E-state index is 13.7. The second-order valence-electron chi connectivity index (χ2n) is 5.06. The summed E-state index contributed by atoms with van der Waals surface area (Å²) in [4.78, 5) is 0. The number of hydrogen-bond acceptors (Lipinski definition) is 2. The van der Waals surface area contributed by atoms with Gasteiger partial charge in [-0.1, -0.05) is 24.3 Å². The Morgan fingerprint density at radius 2 is 1.80 bits per heavy atom. The highest BCUT2D eigenvalue weighted by atomic mass is 19.1. The van der Waals surface area contributed by atoms with Gasteiger partial charge in [0.25, 0.3) is 0 Å². The van der Waals surface area contributed by atoms with Crippen LogP contribution in [0.1, 0.15) is 18.1 Å². The van der Waals surface area contributed by atoms with Crippen LogP contribution in [0.4, 0.5) is 14.5 Å². The van der Waals surface area contributed by atoms with Crippen LogP contribution in [-0.4, -0.2) is 11.7 Å². The van der Waals surface area contributed by atoms with Crippen molar-refractivity contribution >= 4 is 5.69 Å². The second kappa shape index (κ2) is 5.59. The summed E-state index contributed by atoms with van der Waals surface area (Å²) in [5.41, 5.74) is 0.396. The van der Waals surface area contributed by atoms with Gasteiger partial charge in [-0.25, -0.2) is 8.78 Å². The number of nitrogens with one attached hydrogen (secondary N) is 1. The minimum atomic E-state index is -0.962. The second-order valence-corrected chi connectivity index (χ2v) is 5.06. The summed E-state index contributed by atoms with van der Waals surface area (Å²) in [7, 11) is 0. The quantitative estimate of drug-likeness (QED) is 0.895.